The topological polar surface area (TPSA) is 59.2 Å². The molecule has 0 aliphatic carbocycles. The zero-order valence-electron chi connectivity index (χ0n) is 13.0. The largest absolute Gasteiger partial charge is 0.508 e. The summed E-state index contributed by atoms with van der Waals surface area (Å²) >= 11 is 1.51. The second kappa shape index (κ2) is 5.43. The van der Waals surface area contributed by atoms with Crippen LogP contribution in [0.2, 0.25) is 0 Å². The SMILES string of the molecule is Oc1ccc2nc(/C=C/c3nc4c(ccc5ccccc54)o3)sc2c1. The Labute approximate surface area is 146 Å². The summed E-state index contributed by atoms with van der Waals surface area (Å²) in [4.78, 5) is 9.13. The molecular formula is C20H12N2O2S. The van der Waals surface area contributed by atoms with E-state index >= 15 is 0 Å². The van der Waals surface area contributed by atoms with Crippen LogP contribution >= 0.6 is 11.3 Å². The maximum Gasteiger partial charge on any atom is 0.220 e. The molecule has 0 bridgehead atoms. The third-order valence-corrected chi connectivity index (χ3v) is 5.04. The van der Waals surface area contributed by atoms with Crippen molar-refractivity contribution in [3.05, 3.63) is 65.5 Å². The number of rotatable bonds is 2. The molecule has 120 valence electrons. The summed E-state index contributed by atoms with van der Waals surface area (Å²) in [6, 6.07) is 17.3. The maximum atomic E-state index is 9.55. The zero-order valence-corrected chi connectivity index (χ0v) is 13.8. The monoisotopic (exact) mass is 344 g/mol. The van der Waals surface area contributed by atoms with E-state index in [2.05, 4.69) is 16.0 Å². The highest BCUT2D eigenvalue weighted by Gasteiger charge is 2.08. The van der Waals surface area contributed by atoms with Crippen LogP contribution in [0.5, 0.6) is 5.75 Å². The molecule has 0 radical (unpaired) electrons. The van der Waals surface area contributed by atoms with Gasteiger partial charge in [-0.1, -0.05) is 30.3 Å². The molecule has 0 aliphatic heterocycles. The number of phenolic OH excluding ortho intramolecular Hbond substituents is 1. The minimum absolute atomic E-state index is 0.248. The minimum Gasteiger partial charge on any atom is -0.508 e. The molecule has 25 heavy (non-hydrogen) atoms. The quantitative estimate of drug-likeness (QED) is 0.461. The lowest BCUT2D eigenvalue weighted by molar-refractivity contribution is 0.476. The fourth-order valence-electron chi connectivity index (χ4n) is 2.89. The van der Waals surface area contributed by atoms with Crippen LogP contribution in [0.1, 0.15) is 10.9 Å². The van der Waals surface area contributed by atoms with Crippen molar-refractivity contribution in [2.75, 3.05) is 0 Å². The molecule has 0 aliphatic rings. The summed E-state index contributed by atoms with van der Waals surface area (Å²) in [6.07, 6.45) is 3.71. The Kier molecular flexibility index (Phi) is 3.08. The van der Waals surface area contributed by atoms with Crippen molar-refractivity contribution in [2.45, 2.75) is 0 Å². The van der Waals surface area contributed by atoms with Gasteiger partial charge in [-0.15, -0.1) is 11.3 Å². The lowest BCUT2D eigenvalue weighted by Gasteiger charge is -1.95. The normalized spacial score (nSPS) is 12.0. The summed E-state index contributed by atoms with van der Waals surface area (Å²) in [5.41, 5.74) is 2.51. The summed E-state index contributed by atoms with van der Waals surface area (Å²) in [6.45, 7) is 0. The van der Waals surface area contributed by atoms with E-state index in [-0.39, 0.29) is 5.75 Å². The third kappa shape index (κ3) is 2.45. The molecule has 4 nitrogen and oxygen atoms in total. The number of nitrogens with zero attached hydrogens (tertiary/aromatic N) is 2. The Bertz CT molecular complexity index is 1270. The number of thiazole rings is 1. The Morgan fingerprint density at radius 1 is 0.960 bits per heavy atom. The Morgan fingerprint density at radius 2 is 1.88 bits per heavy atom. The van der Waals surface area contributed by atoms with Gasteiger partial charge in [-0.3, -0.25) is 0 Å². The number of phenols is 1. The van der Waals surface area contributed by atoms with Crippen LogP contribution < -0.4 is 0 Å². The van der Waals surface area contributed by atoms with Gasteiger partial charge in [-0.2, -0.15) is 0 Å². The van der Waals surface area contributed by atoms with Crippen LogP contribution in [0.4, 0.5) is 0 Å². The molecular weight excluding hydrogens is 332 g/mol. The van der Waals surface area contributed by atoms with E-state index in [1.807, 2.05) is 48.6 Å². The van der Waals surface area contributed by atoms with Gasteiger partial charge >= 0.3 is 0 Å². The number of hydrogen-bond donors (Lipinski definition) is 1. The summed E-state index contributed by atoms with van der Waals surface area (Å²) in [5, 5.41) is 12.6. The minimum atomic E-state index is 0.248. The molecule has 5 rings (SSSR count). The molecule has 0 spiro atoms. The molecule has 0 saturated heterocycles. The maximum absolute atomic E-state index is 9.55. The summed E-state index contributed by atoms with van der Waals surface area (Å²) < 4.78 is 6.78. The average molecular weight is 344 g/mol. The first-order valence-corrected chi connectivity index (χ1v) is 8.64. The van der Waals surface area contributed by atoms with E-state index in [0.717, 1.165) is 37.1 Å². The fraction of sp³-hybridized carbons (Fsp3) is 0. The van der Waals surface area contributed by atoms with E-state index in [9.17, 15) is 5.11 Å². The van der Waals surface area contributed by atoms with Crippen LogP contribution in [0.25, 0.3) is 44.2 Å². The number of aromatic hydroxyl groups is 1. The molecule has 0 atom stereocenters. The van der Waals surface area contributed by atoms with Gasteiger partial charge < -0.3 is 9.52 Å². The first kappa shape index (κ1) is 14.2. The van der Waals surface area contributed by atoms with Crippen LogP contribution in [-0.2, 0) is 0 Å². The number of fused-ring (bicyclic) bond motifs is 4. The second-order valence-corrected chi connectivity index (χ2v) is 6.79. The van der Waals surface area contributed by atoms with Gasteiger partial charge in [-0.25, -0.2) is 9.97 Å². The molecule has 2 aromatic heterocycles. The second-order valence-electron chi connectivity index (χ2n) is 5.72. The molecule has 5 heteroatoms. The van der Waals surface area contributed by atoms with E-state index in [1.165, 1.54) is 11.3 Å². The van der Waals surface area contributed by atoms with Crippen molar-refractivity contribution >= 4 is 55.6 Å². The van der Waals surface area contributed by atoms with Crippen LogP contribution in [0.3, 0.4) is 0 Å². The molecule has 1 N–H and O–H groups in total. The van der Waals surface area contributed by atoms with Crippen molar-refractivity contribution in [3.63, 3.8) is 0 Å². The summed E-state index contributed by atoms with van der Waals surface area (Å²) in [5.74, 6) is 0.797. The highest BCUT2D eigenvalue weighted by atomic mass is 32.1. The highest BCUT2D eigenvalue weighted by molar-refractivity contribution is 7.19. The Morgan fingerprint density at radius 3 is 2.84 bits per heavy atom. The van der Waals surface area contributed by atoms with Crippen molar-refractivity contribution in [3.8, 4) is 5.75 Å². The van der Waals surface area contributed by atoms with E-state index in [1.54, 1.807) is 12.1 Å². The van der Waals surface area contributed by atoms with Crippen molar-refractivity contribution in [1.29, 1.82) is 0 Å². The number of oxazole rings is 1. The first-order valence-electron chi connectivity index (χ1n) is 7.82. The third-order valence-electron chi connectivity index (χ3n) is 4.06. The van der Waals surface area contributed by atoms with Crippen LogP contribution in [0.15, 0.2) is 59.0 Å². The van der Waals surface area contributed by atoms with Crippen LogP contribution in [0, 0.1) is 0 Å². The highest BCUT2D eigenvalue weighted by Crippen LogP contribution is 2.28. The summed E-state index contributed by atoms with van der Waals surface area (Å²) in [7, 11) is 0. The molecule has 0 unspecified atom stereocenters. The smallest absolute Gasteiger partial charge is 0.220 e. The van der Waals surface area contributed by atoms with Gasteiger partial charge in [0.25, 0.3) is 0 Å². The van der Waals surface area contributed by atoms with Gasteiger partial charge in [0, 0.05) is 11.5 Å². The van der Waals surface area contributed by atoms with E-state index in [0.29, 0.717) is 5.89 Å². The predicted octanol–water partition coefficient (Wildman–Crippen LogP) is 5.47. The van der Waals surface area contributed by atoms with Crippen molar-refractivity contribution in [1.82, 2.24) is 9.97 Å². The standard InChI is InChI=1S/C20H12N2O2S/c23-13-6-7-15-17(11-13)25-19(21-15)10-9-18-22-20-14-4-2-1-3-12(14)5-8-16(20)24-18/h1-11,23H/b10-9+. The predicted molar refractivity (Wildman–Crippen MR) is 102 cm³/mol. The molecule has 0 amide bonds. The first-order chi connectivity index (χ1) is 12.3. The lowest BCUT2D eigenvalue weighted by atomic mass is 10.1. The van der Waals surface area contributed by atoms with Crippen molar-refractivity contribution < 1.29 is 9.52 Å². The molecule has 5 aromatic rings. The van der Waals surface area contributed by atoms with Crippen molar-refractivity contribution in [2.24, 2.45) is 0 Å². The van der Waals surface area contributed by atoms with Gasteiger partial charge in [-0.05, 0) is 35.7 Å². The molecule has 3 aromatic carbocycles. The Hall–Kier alpha value is -3.18. The van der Waals surface area contributed by atoms with Gasteiger partial charge in [0.1, 0.15) is 16.3 Å². The zero-order chi connectivity index (χ0) is 16.8. The van der Waals surface area contributed by atoms with E-state index < -0.39 is 0 Å². The van der Waals surface area contributed by atoms with Gasteiger partial charge in [0.2, 0.25) is 5.89 Å². The Balaban J connectivity index is 1.56. The fourth-order valence-corrected chi connectivity index (χ4v) is 3.80. The van der Waals surface area contributed by atoms with Gasteiger partial charge in [0.05, 0.1) is 10.2 Å². The molecule has 2 heterocycles. The number of hydrogen-bond acceptors (Lipinski definition) is 5. The number of aromatic nitrogens is 2. The van der Waals surface area contributed by atoms with E-state index in [4.69, 9.17) is 4.42 Å². The lowest BCUT2D eigenvalue weighted by Crippen LogP contribution is -1.75. The number of benzene rings is 3. The molecule has 0 fully saturated rings. The van der Waals surface area contributed by atoms with Crippen LogP contribution in [-0.4, -0.2) is 15.1 Å². The van der Waals surface area contributed by atoms with Gasteiger partial charge in [0.15, 0.2) is 5.58 Å². The molecule has 0 saturated carbocycles. The average Bonchev–Trinajstić information content (AvgIpc) is 3.22.